The topological polar surface area (TPSA) is 73.6 Å². The van der Waals surface area contributed by atoms with E-state index in [1.807, 2.05) is 0 Å². The van der Waals surface area contributed by atoms with E-state index in [4.69, 9.17) is 10.00 Å². The van der Waals surface area contributed by atoms with Gasteiger partial charge in [-0.1, -0.05) is 12.8 Å². The fourth-order valence-electron chi connectivity index (χ4n) is 4.95. The van der Waals surface area contributed by atoms with Gasteiger partial charge < -0.3 is 4.74 Å². The number of urea groups is 1. The smallest absolute Gasteiger partial charge is 0.417 e. The first kappa shape index (κ1) is 23.6. The molecule has 1 saturated heterocycles. The third-order valence-electron chi connectivity index (χ3n) is 6.46. The molecule has 1 saturated carbocycles. The summed E-state index contributed by atoms with van der Waals surface area (Å²) in [6, 6.07) is 9.08. The Morgan fingerprint density at radius 1 is 1.09 bits per heavy atom. The molecule has 0 radical (unpaired) electrons. The molecule has 2 atom stereocenters. The lowest BCUT2D eigenvalue weighted by atomic mass is 9.89. The first-order chi connectivity index (χ1) is 16.2. The van der Waals surface area contributed by atoms with Crippen LogP contribution in [0.5, 0.6) is 0 Å². The van der Waals surface area contributed by atoms with Crippen LogP contribution in [0.1, 0.15) is 59.7 Å². The van der Waals surface area contributed by atoms with E-state index in [2.05, 4.69) is 0 Å². The van der Waals surface area contributed by atoms with Crippen LogP contribution in [0.25, 0.3) is 0 Å². The minimum Gasteiger partial charge on any atom is -0.462 e. The molecule has 2 aromatic carbocycles. The molecule has 0 aromatic heterocycles. The van der Waals surface area contributed by atoms with Crippen molar-refractivity contribution in [3.05, 3.63) is 58.7 Å². The summed E-state index contributed by atoms with van der Waals surface area (Å²) >= 11 is 0. The first-order valence-electron chi connectivity index (χ1n) is 11.2. The number of benzene rings is 2. The van der Waals surface area contributed by atoms with E-state index >= 15 is 0 Å². The molecule has 0 bridgehead atoms. The molecule has 1 aliphatic carbocycles. The highest BCUT2D eigenvalue weighted by atomic mass is 19.4. The number of hydrogen-bond donors (Lipinski definition) is 0. The molecule has 2 aromatic rings. The Kier molecular flexibility index (Phi) is 6.26. The number of fused-ring (bicyclic) bond motifs is 1. The lowest BCUT2D eigenvalue weighted by Crippen LogP contribution is -2.40. The minimum atomic E-state index is -4.71. The second kappa shape index (κ2) is 9.01. The van der Waals surface area contributed by atoms with Gasteiger partial charge in [-0.05, 0) is 68.7 Å². The van der Waals surface area contributed by atoms with Crippen molar-refractivity contribution in [2.75, 3.05) is 16.4 Å². The van der Waals surface area contributed by atoms with Crippen LogP contribution in [-0.2, 0) is 10.9 Å². The molecular weight excluding hydrogens is 447 g/mol. The number of ether oxygens (including phenoxy) is 1. The average Bonchev–Trinajstić information content (AvgIpc) is 3.09. The third-order valence-corrected chi connectivity index (χ3v) is 6.46. The fraction of sp³-hybridized carbons (Fsp3) is 0.400. The highest BCUT2D eigenvalue weighted by molar-refractivity contribution is 6.08. The summed E-state index contributed by atoms with van der Waals surface area (Å²) in [4.78, 5) is 28.8. The highest BCUT2D eigenvalue weighted by Crippen LogP contribution is 2.42. The van der Waals surface area contributed by atoms with Gasteiger partial charge in [0.2, 0.25) is 0 Å². The van der Waals surface area contributed by atoms with Crippen molar-refractivity contribution in [1.82, 2.24) is 0 Å². The molecule has 0 unspecified atom stereocenters. The number of carbonyl (C=O) groups is 2. The van der Waals surface area contributed by atoms with Gasteiger partial charge >= 0.3 is 18.2 Å². The number of nitriles is 1. The normalized spacial score (nSPS) is 20.2. The van der Waals surface area contributed by atoms with E-state index in [0.717, 1.165) is 25.0 Å². The summed E-state index contributed by atoms with van der Waals surface area (Å²) in [6.07, 6.45) is -1.57. The number of alkyl halides is 3. The predicted molar refractivity (Wildman–Crippen MR) is 120 cm³/mol. The predicted octanol–water partition coefficient (Wildman–Crippen LogP) is 5.82. The Balaban J connectivity index is 1.75. The van der Waals surface area contributed by atoms with Crippen molar-refractivity contribution >= 4 is 23.4 Å². The van der Waals surface area contributed by atoms with Crippen molar-refractivity contribution in [3.8, 4) is 6.07 Å². The van der Waals surface area contributed by atoms with Crippen molar-refractivity contribution in [1.29, 1.82) is 5.26 Å². The number of nitrogens with zero attached hydrogens (tertiary/aromatic N) is 3. The average molecular weight is 471 g/mol. The Morgan fingerprint density at radius 2 is 1.68 bits per heavy atom. The number of amides is 2. The molecule has 2 fully saturated rings. The van der Waals surface area contributed by atoms with Crippen molar-refractivity contribution in [2.45, 2.75) is 57.8 Å². The van der Waals surface area contributed by atoms with Crippen LogP contribution in [0.2, 0.25) is 0 Å². The Bertz CT molecular complexity index is 1170. The summed E-state index contributed by atoms with van der Waals surface area (Å²) < 4.78 is 45.8. The fourth-order valence-corrected chi connectivity index (χ4v) is 4.95. The van der Waals surface area contributed by atoms with Crippen LogP contribution in [-0.4, -0.2) is 30.7 Å². The molecule has 6 nitrogen and oxygen atoms in total. The van der Waals surface area contributed by atoms with Crippen molar-refractivity contribution in [2.24, 2.45) is 0 Å². The summed E-state index contributed by atoms with van der Waals surface area (Å²) in [7, 11) is 0. The van der Waals surface area contributed by atoms with Gasteiger partial charge in [-0.2, -0.15) is 18.4 Å². The lowest BCUT2D eigenvalue weighted by molar-refractivity contribution is -0.137. The van der Waals surface area contributed by atoms with E-state index in [1.165, 1.54) is 11.0 Å². The Labute approximate surface area is 195 Å². The Hall–Kier alpha value is -3.54. The molecule has 1 aliphatic heterocycles. The summed E-state index contributed by atoms with van der Waals surface area (Å²) in [6.45, 7) is 3.71. The van der Waals surface area contributed by atoms with E-state index < -0.39 is 29.3 Å². The molecule has 0 spiro atoms. The quantitative estimate of drug-likeness (QED) is 0.527. The van der Waals surface area contributed by atoms with Crippen LogP contribution >= 0.6 is 0 Å². The SMILES string of the molecule is CCOC(=O)c1ccc(N2C(=O)N(c3ccc(C#N)c(C(F)(F)F)c3)[C@H]3CCCC[C@@H]32)cc1C. The zero-order chi connectivity index (χ0) is 24.6. The zero-order valence-corrected chi connectivity index (χ0v) is 18.9. The van der Waals surface area contributed by atoms with Crippen LogP contribution in [0.4, 0.5) is 29.3 Å². The van der Waals surface area contributed by atoms with Crippen molar-refractivity contribution in [3.63, 3.8) is 0 Å². The number of carbonyl (C=O) groups excluding carboxylic acids is 2. The number of hydrogen-bond acceptors (Lipinski definition) is 4. The maximum atomic E-state index is 13.6. The van der Waals surface area contributed by atoms with Crippen LogP contribution in [0, 0.1) is 18.3 Å². The lowest BCUT2D eigenvalue weighted by Gasteiger charge is -2.32. The standard InChI is InChI=1S/C25H24F3N3O3/c1-3-34-23(32)19-11-10-17(12-15(19)2)30-21-6-4-5-7-22(21)31(24(30)33)18-9-8-16(14-29)20(13-18)25(26,27)28/h8-13,21-22H,3-7H2,1-2H3/t21-,22-/m0/s1. The minimum absolute atomic E-state index is 0.121. The summed E-state index contributed by atoms with van der Waals surface area (Å²) in [5.74, 6) is -0.450. The molecule has 1 heterocycles. The maximum absolute atomic E-state index is 13.6. The number of anilines is 2. The zero-order valence-electron chi connectivity index (χ0n) is 18.9. The number of esters is 1. The summed E-state index contributed by atoms with van der Waals surface area (Å²) in [5, 5.41) is 9.12. The van der Waals surface area contributed by atoms with Gasteiger partial charge in [-0.15, -0.1) is 0 Å². The Morgan fingerprint density at radius 3 is 2.21 bits per heavy atom. The summed E-state index contributed by atoms with van der Waals surface area (Å²) in [5.41, 5.74) is 0.213. The molecule has 34 heavy (non-hydrogen) atoms. The number of rotatable bonds is 4. The molecular formula is C25H24F3N3O3. The number of halogens is 3. The van der Waals surface area contributed by atoms with Gasteiger partial charge in [0.05, 0.1) is 41.5 Å². The van der Waals surface area contributed by atoms with Gasteiger partial charge in [-0.3, -0.25) is 9.80 Å². The second-order valence-corrected chi connectivity index (χ2v) is 8.50. The van der Waals surface area contributed by atoms with Crippen molar-refractivity contribution < 1.29 is 27.5 Å². The number of aryl methyl sites for hydroxylation is 1. The van der Waals surface area contributed by atoms with Gasteiger partial charge in [0, 0.05) is 11.4 Å². The third kappa shape index (κ3) is 4.09. The van der Waals surface area contributed by atoms with E-state index in [1.54, 1.807) is 43.0 Å². The monoisotopic (exact) mass is 471 g/mol. The second-order valence-electron chi connectivity index (χ2n) is 8.50. The first-order valence-corrected chi connectivity index (χ1v) is 11.2. The van der Waals surface area contributed by atoms with Crippen LogP contribution in [0.3, 0.4) is 0 Å². The molecule has 2 amide bonds. The van der Waals surface area contributed by atoms with Gasteiger partial charge in [0.25, 0.3) is 0 Å². The van der Waals surface area contributed by atoms with Gasteiger partial charge in [0.1, 0.15) is 0 Å². The highest BCUT2D eigenvalue weighted by Gasteiger charge is 2.48. The molecule has 9 heteroatoms. The largest absolute Gasteiger partial charge is 0.462 e. The van der Waals surface area contributed by atoms with Crippen LogP contribution < -0.4 is 9.80 Å². The van der Waals surface area contributed by atoms with E-state index in [-0.39, 0.29) is 24.4 Å². The molecule has 4 rings (SSSR count). The van der Waals surface area contributed by atoms with E-state index in [9.17, 15) is 22.8 Å². The van der Waals surface area contributed by atoms with Gasteiger partial charge in [-0.25, -0.2) is 9.59 Å². The van der Waals surface area contributed by atoms with Crippen LogP contribution in [0.15, 0.2) is 36.4 Å². The molecule has 178 valence electrons. The maximum Gasteiger partial charge on any atom is 0.417 e. The van der Waals surface area contributed by atoms with E-state index in [0.29, 0.717) is 29.7 Å². The van der Waals surface area contributed by atoms with Gasteiger partial charge in [0.15, 0.2) is 0 Å². The molecule has 2 aliphatic rings. The molecule has 0 N–H and O–H groups in total.